The van der Waals surface area contributed by atoms with Gasteiger partial charge >= 0.3 is 0 Å². The van der Waals surface area contributed by atoms with Crippen molar-refractivity contribution in [2.75, 3.05) is 0 Å². The van der Waals surface area contributed by atoms with Crippen molar-refractivity contribution < 1.29 is 0 Å². The molecule has 0 aliphatic heterocycles. The maximum absolute atomic E-state index is 5.07. The molecule has 2 nitrogen and oxygen atoms in total. The molecule has 0 aliphatic carbocycles. The highest BCUT2D eigenvalue weighted by Crippen LogP contribution is 2.41. The first-order valence-corrected chi connectivity index (χ1v) is 9.27. The Labute approximate surface area is 148 Å². The van der Waals surface area contributed by atoms with Gasteiger partial charge in [-0.3, -0.25) is 4.68 Å². The molecule has 0 aliphatic rings. The van der Waals surface area contributed by atoms with Crippen molar-refractivity contribution in [3.8, 4) is 11.1 Å². The van der Waals surface area contributed by atoms with E-state index in [4.69, 9.17) is 5.10 Å². The summed E-state index contributed by atoms with van der Waals surface area (Å²) in [5.74, 6) is 0.860. The van der Waals surface area contributed by atoms with Gasteiger partial charge in [-0.1, -0.05) is 33.8 Å². The van der Waals surface area contributed by atoms with Gasteiger partial charge in [0.25, 0.3) is 0 Å². The predicted molar refractivity (Wildman–Crippen MR) is 105 cm³/mol. The number of hydrogen-bond acceptors (Lipinski definition) is 1. The van der Waals surface area contributed by atoms with E-state index in [1.807, 2.05) is 0 Å². The summed E-state index contributed by atoms with van der Waals surface area (Å²) in [6, 6.07) is 2.69. The second kappa shape index (κ2) is 6.74. The minimum absolute atomic E-state index is 0.375. The first kappa shape index (κ1) is 18.8. The van der Waals surface area contributed by atoms with Crippen molar-refractivity contribution in [2.45, 2.75) is 87.1 Å². The minimum atomic E-state index is 0.375. The molecule has 0 unspecified atom stereocenters. The fraction of sp³-hybridized carbons (Fsp3) is 0.591. The lowest BCUT2D eigenvalue weighted by atomic mass is 9.85. The van der Waals surface area contributed by atoms with Crippen molar-refractivity contribution in [3.05, 3.63) is 39.7 Å². The second-order valence-corrected chi connectivity index (χ2v) is 8.13. The summed E-state index contributed by atoms with van der Waals surface area (Å²) >= 11 is 0. The van der Waals surface area contributed by atoms with E-state index in [0.29, 0.717) is 17.9 Å². The van der Waals surface area contributed by atoms with Crippen LogP contribution in [0.25, 0.3) is 11.1 Å². The minimum Gasteiger partial charge on any atom is -0.266 e. The summed E-state index contributed by atoms with van der Waals surface area (Å²) in [6.45, 7) is 22.5. The molecular weight excluding hydrogens is 292 g/mol. The van der Waals surface area contributed by atoms with Crippen LogP contribution in [0.5, 0.6) is 0 Å². The smallest absolute Gasteiger partial charge is 0.0731 e. The van der Waals surface area contributed by atoms with E-state index in [2.05, 4.69) is 80.0 Å². The average molecular weight is 327 g/mol. The molecule has 2 aromatic rings. The Bertz CT molecular complexity index is 720. The van der Waals surface area contributed by atoms with Gasteiger partial charge in [-0.05, 0) is 81.2 Å². The zero-order chi connectivity index (χ0) is 18.3. The summed E-state index contributed by atoms with van der Waals surface area (Å²) in [7, 11) is 0. The molecule has 0 saturated heterocycles. The Balaban J connectivity index is 2.99. The molecule has 0 spiro atoms. The van der Waals surface area contributed by atoms with Gasteiger partial charge in [0.05, 0.1) is 5.69 Å². The molecule has 0 radical (unpaired) electrons. The molecule has 132 valence electrons. The van der Waals surface area contributed by atoms with Crippen molar-refractivity contribution in [3.63, 3.8) is 0 Å². The lowest BCUT2D eigenvalue weighted by molar-refractivity contribution is 0.491. The van der Waals surface area contributed by atoms with Gasteiger partial charge in [-0.2, -0.15) is 5.10 Å². The van der Waals surface area contributed by atoms with Gasteiger partial charge in [0.1, 0.15) is 0 Å². The monoisotopic (exact) mass is 326 g/mol. The lowest BCUT2D eigenvalue weighted by Gasteiger charge is -2.20. The van der Waals surface area contributed by atoms with Crippen LogP contribution in [0.2, 0.25) is 0 Å². The van der Waals surface area contributed by atoms with Gasteiger partial charge in [0.2, 0.25) is 0 Å². The largest absolute Gasteiger partial charge is 0.266 e. The van der Waals surface area contributed by atoms with Crippen molar-refractivity contribution in [1.29, 1.82) is 0 Å². The number of hydrogen-bond donors (Lipinski definition) is 0. The third-order valence-corrected chi connectivity index (χ3v) is 5.17. The first-order valence-electron chi connectivity index (χ1n) is 9.27. The quantitative estimate of drug-likeness (QED) is 0.618. The maximum Gasteiger partial charge on any atom is 0.0731 e. The van der Waals surface area contributed by atoms with Crippen LogP contribution in [0.3, 0.4) is 0 Å². The van der Waals surface area contributed by atoms with Crippen LogP contribution >= 0.6 is 0 Å². The van der Waals surface area contributed by atoms with Gasteiger partial charge in [-0.15, -0.1) is 0 Å². The van der Waals surface area contributed by atoms with Crippen LogP contribution < -0.4 is 0 Å². The summed E-state index contributed by atoms with van der Waals surface area (Å²) in [5, 5.41) is 5.07. The standard InChI is InChI=1S/C22H34N2/c1-12(2)21-20(22(13(3)4)24(23-21)14(5)6)19-17(9)15(7)11-16(8)18(19)10/h11-14H,1-10H3. The molecule has 2 heteroatoms. The van der Waals surface area contributed by atoms with Gasteiger partial charge in [0.15, 0.2) is 0 Å². The van der Waals surface area contributed by atoms with E-state index in [9.17, 15) is 0 Å². The van der Waals surface area contributed by atoms with E-state index in [0.717, 1.165) is 0 Å². The molecule has 1 aromatic heterocycles. The Morgan fingerprint density at radius 3 is 1.62 bits per heavy atom. The summed E-state index contributed by atoms with van der Waals surface area (Å²) in [5.41, 5.74) is 10.9. The molecule has 1 heterocycles. The lowest BCUT2D eigenvalue weighted by Crippen LogP contribution is -2.09. The van der Waals surface area contributed by atoms with Crippen LogP contribution in [0.4, 0.5) is 0 Å². The average Bonchev–Trinajstić information content (AvgIpc) is 2.86. The SMILES string of the molecule is Cc1cc(C)c(C)c(-c2c(C(C)C)nn(C(C)C)c2C(C)C)c1C. The molecule has 1 aromatic carbocycles. The molecule has 0 bridgehead atoms. The summed E-state index contributed by atoms with van der Waals surface area (Å²) in [4.78, 5) is 0. The van der Waals surface area contributed by atoms with Gasteiger partial charge < -0.3 is 0 Å². The van der Waals surface area contributed by atoms with Crippen LogP contribution in [0.15, 0.2) is 6.07 Å². The van der Waals surface area contributed by atoms with Crippen LogP contribution in [0.1, 0.15) is 93.1 Å². The fourth-order valence-corrected chi connectivity index (χ4v) is 3.66. The van der Waals surface area contributed by atoms with Crippen LogP contribution in [-0.4, -0.2) is 9.78 Å². The third kappa shape index (κ3) is 3.03. The number of rotatable bonds is 4. The third-order valence-electron chi connectivity index (χ3n) is 5.17. The van der Waals surface area contributed by atoms with E-state index >= 15 is 0 Å². The highest BCUT2D eigenvalue weighted by Gasteiger charge is 2.27. The van der Waals surface area contributed by atoms with E-state index < -0.39 is 0 Å². The number of aromatic nitrogens is 2. The van der Waals surface area contributed by atoms with Crippen molar-refractivity contribution in [1.82, 2.24) is 9.78 Å². The normalized spacial score (nSPS) is 12.0. The zero-order valence-corrected chi connectivity index (χ0v) is 17.2. The van der Waals surface area contributed by atoms with Crippen molar-refractivity contribution in [2.24, 2.45) is 0 Å². The van der Waals surface area contributed by atoms with Crippen LogP contribution in [0, 0.1) is 27.7 Å². The molecule has 0 atom stereocenters. The zero-order valence-electron chi connectivity index (χ0n) is 17.2. The molecule has 2 rings (SSSR count). The summed E-state index contributed by atoms with van der Waals surface area (Å²) in [6.07, 6.45) is 0. The van der Waals surface area contributed by atoms with Gasteiger partial charge in [-0.25, -0.2) is 0 Å². The first-order chi connectivity index (χ1) is 11.1. The Hall–Kier alpha value is -1.57. The van der Waals surface area contributed by atoms with Crippen molar-refractivity contribution >= 4 is 0 Å². The topological polar surface area (TPSA) is 17.8 Å². The molecular formula is C22H34N2. The highest BCUT2D eigenvalue weighted by atomic mass is 15.3. The second-order valence-electron chi connectivity index (χ2n) is 8.13. The van der Waals surface area contributed by atoms with Gasteiger partial charge in [0, 0.05) is 17.3 Å². The molecule has 0 N–H and O–H groups in total. The number of aryl methyl sites for hydroxylation is 2. The number of benzene rings is 1. The molecule has 24 heavy (non-hydrogen) atoms. The Kier molecular flexibility index (Phi) is 5.27. The molecule has 0 saturated carbocycles. The van der Waals surface area contributed by atoms with E-state index in [1.165, 1.54) is 44.8 Å². The van der Waals surface area contributed by atoms with Crippen LogP contribution in [-0.2, 0) is 0 Å². The molecule has 0 amide bonds. The fourth-order valence-electron chi connectivity index (χ4n) is 3.66. The predicted octanol–water partition coefficient (Wildman–Crippen LogP) is 6.61. The Morgan fingerprint density at radius 1 is 0.750 bits per heavy atom. The van der Waals surface area contributed by atoms with E-state index in [-0.39, 0.29) is 0 Å². The van der Waals surface area contributed by atoms with E-state index in [1.54, 1.807) is 0 Å². The highest BCUT2D eigenvalue weighted by molar-refractivity contribution is 5.78. The maximum atomic E-state index is 5.07. The number of nitrogens with zero attached hydrogens (tertiary/aromatic N) is 2. The Morgan fingerprint density at radius 2 is 1.25 bits per heavy atom. The summed E-state index contributed by atoms with van der Waals surface area (Å²) < 4.78 is 2.26. The molecule has 0 fully saturated rings.